The molecule has 1 N–H and O–H groups in total. The standard InChI is InChI=1S/C20H25N3O/c1-15-12-19(13-16(2)22-15)20(24)21-9-11-23-10-8-18(14-23)17-6-4-3-5-7-17/h3-7,12-13,18H,8-11,14H2,1-2H3,(H,21,24)/t18-/m0/s1. The van der Waals surface area contributed by atoms with Gasteiger partial charge in [0.2, 0.25) is 0 Å². The fourth-order valence-electron chi connectivity index (χ4n) is 3.43. The fraction of sp³-hybridized carbons (Fsp3) is 0.400. The number of aryl methyl sites for hydroxylation is 2. The van der Waals surface area contributed by atoms with E-state index in [9.17, 15) is 4.79 Å². The van der Waals surface area contributed by atoms with Crippen molar-refractivity contribution < 1.29 is 4.79 Å². The third-order valence-electron chi connectivity index (χ3n) is 4.60. The van der Waals surface area contributed by atoms with E-state index in [1.165, 1.54) is 12.0 Å². The summed E-state index contributed by atoms with van der Waals surface area (Å²) in [4.78, 5) is 19.0. The molecule has 1 aromatic heterocycles. The number of rotatable bonds is 5. The van der Waals surface area contributed by atoms with Crippen LogP contribution in [-0.4, -0.2) is 42.0 Å². The maximum atomic E-state index is 12.3. The first-order valence-electron chi connectivity index (χ1n) is 8.62. The Hall–Kier alpha value is -2.20. The van der Waals surface area contributed by atoms with Gasteiger partial charge in [-0.15, -0.1) is 0 Å². The van der Waals surface area contributed by atoms with Gasteiger partial charge >= 0.3 is 0 Å². The van der Waals surface area contributed by atoms with Crippen molar-refractivity contribution in [3.05, 3.63) is 65.0 Å². The Balaban J connectivity index is 1.46. The van der Waals surface area contributed by atoms with Crippen LogP contribution in [0.5, 0.6) is 0 Å². The molecule has 1 atom stereocenters. The summed E-state index contributed by atoms with van der Waals surface area (Å²) in [5.41, 5.74) is 3.88. The SMILES string of the molecule is Cc1cc(C(=O)NCCN2CC[C@H](c3ccccc3)C2)cc(C)n1. The van der Waals surface area contributed by atoms with Crippen LogP contribution in [0.2, 0.25) is 0 Å². The van der Waals surface area contributed by atoms with E-state index >= 15 is 0 Å². The number of carbonyl (C=O) groups is 1. The van der Waals surface area contributed by atoms with Crippen molar-refractivity contribution in [2.75, 3.05) is 26.2 Å². The van der Waals surface area contributed by atoms with Crippen LogP contribution in [-0.2, 0) is 0 Å². The maximum absolute atomic E-state index is 12.3. The van der Waals surface area contributed by atoms with Crippen LogP contribution in [0.15, 0.2) is 42.5 Å². The molecule has 0 aliphatic carbocycles. The first-order chi connectivity index (χ1) is 11.6. The quantitative estimate of drug-likeness (QED) is 0.920. The van der Waals surface area contributed by atoms with Crippen LogP contribution in [0.25, 0.3) is 0 Å². The number of pyridine rings is 1. The number of hydrogen-bond acceptors (Lipinski definition) is 3. The van der Waals surface area contributed by atoms with Gasteiger partial charge in [0.25, 0.3) is 5.91 Å². The predicted molar refractivity (Wildman–Crippen MR) is 96.3 cm³/mol. The van der Waals surface area contributed by atoms with Crippen molar-refractivity contribution in [2.24, 2.45) is 0 Å². The highest BCUT2D eigenvalue weighted by atomic mass is 16.1. The summed E-state index contributed by atoms with van der Waals surface area (Å²) in [7, 11) is 0. The van der Waals surface area contributed by atoms with Gasteiger partial charge in [0.05, 0.1) is 0 Å². The van der Waals surface area contributed by atoms with Gasteiger partial charge in [-0.3, -0.25) is 9.78 Å². The molecular formula is C20H25N3O. The van der Waals surface area contributed by atoms with Gasteiger partial charge in [0, 0.05) is 36.6 Å². The van der Waals surface area contributed by atoms with Crippen LogP contribution in [0.3, 0.4) is 0 Å². The van der Waals surface area contributed by atoms with Crippen molar-refractivity contribution in [2.45, 2.75) is 26.2 Å². The minimum absolute atomic E-state index is 0.0117. The monoisotopic (exact) mass is 323 g/mol. The second-order valence-corrected chi connectivity index (χ2v) is 6.59. The lowest BCUT2D eigenvalue weighted by atomic mass is 9.99. The van der Waals surface area contributed by atoms with Gasteiger partial charge in [-0.25, -0.2) is 0 Å². The molecule has 0 bridgehead atoms. The largest absolute Gasteiger partial charge is 0.351 e. The van der Waals surface area contributed by atoms with Crippen molar-refractivity contribution in [1.82, 2.24) is 15.2 Å². The van der Waals surface area contributed by atoms with Crippen molar-refractivity contribution >= 4 is 5.91 Å². The number of likely N-dealkylation sites (tertiary alicyclic amines) is 1. The molecule has 1 aromatic carbocycles. The summed E-state index contributed by atoms with van der Waals surface area (Å²) in [6, 6.07) is 14.4. The number of aromatic nitrogens is 1. The molecule has 3 rings (SSSR count). The van der Waals surface area contributed by atoms with Crippen molar-refractivity contribution in [3.63, 3.8) is 0 Å². The fourth-order valence-corrected chi connectivity index (χ4v) is 3.43. The number of amides is 1. The summed E-state index contributed by atoms with van der Waals surface area (Å²) in [6.07, 6.45) is 1.20. The van der Waals surface area contributed by atoms with E-state index in [1.807, 2.05) is 26.0 Å². The molecule has 1 saturated heterocycles. The lowest BCUT2D eigenvalue weighted by Gasteiger charge is -2.16. The Labute approximate surface area is 143 Å². The highest BCUT2D eigenvalue weighted by molar-refractivity contribution is 5.94. The Morgan fingerprint density at radius 3 is 2.62 bits per heavy atom. The number of benzene rings is 1. The van der Waals surface area contributed by atoms with Crippen LogP contribution in [0, 0.1) is 13.8 Å². The Kier molecular flexibility index (Phi) is 5.26. The molecule has 4 heteroatoms. The van der Waals surface area contributed by atoms with E-state index in [0.717, 1.165) is 31.0 Å². The van der Waals surface area contributed by atoms with E-state index in [0.29, 0.717) is 18.0 Å². The Bertz CT molecular complexity index is 679. The summed E-state index contributed by atoms with van der Waals surface area (Å²) < 4.78 is 0. The van der Waals surface area contributed by atoms with E-state index in [-0.39, 0.29) is 5.91 Å². The number of hydrogen-bond donors (Lipinski definition) is 1. The van der Waals surface area contributed by atoms with E-state index in [2.05, 4.69) is 45.5 Å². The topological polar surface area (TPSA) is 45.2 Å². The van der Waals surface area contributed by atoms with Crippen LogP contribution < -0.4 is 5.32 Å². The van der Waals surface area contributed by atoms with Crippen LogP contribution >= 0.6 is 0 Å². The van der Waals surface area contributed by atoms with Gasteiger partial charge in [0.15, 0.2) is 0 Å². The maximum Gasteiger partial charge on any atom is 0.251 e. The smallest absolute Gasteiger partial charge is 0.251 e. The third-order valence-corrected chi connectivity index (χ3v) is 4.60. The van der Waals surface area contributed by atoms with Gasteiger partial charge < -0.3 is 10.2 Å². The van der Waals surface area contributed by atoms with Gasteiger partial charge in [-0.2, -0.15) is 0 Å². The molecule has 0 unspecified atom stereocenters. The zero-order valence-electron chi connectivity index (χ0n) is 14.5. The number of nitrogens with one attached hydrogen (secondary N) is 1. The second kappa shape index (κ2) is 7.58. The molecule has 1 amide bonds. The number of nitrogens with zero attached hydrogens (tertiary/aromatic N) is 2. The van der Waals surface area contributed by atoms with Gasteiger partial charge in [0.1, 0.15) is 0 Å². The molecule has 4 nitrogen and oxygen atoms in total. The molecule has 2 heterocycles. The first-order valence-corrected chi connectivity index (χ1v) is 8.62. The van der Waals surface area contributed by atoms with Gasteiger partial charge in [-0.05, 0) is 50.4 Å². The minimum atomic E-state index is -0.0117. The summed E-state index contributed by atoms with van der Waals surface area (Å²) in [6.45, 7) is 7.59. The molecule has 2 aromatic rings. The minimum Gasteiger partial charge on any atom is -0.351 e. The molecule has 1 aliphatic rings. The third kappa shape index (κ3) is 4.20. The highest BCUT2D eigenvalue weighted by Gasteiger charge is 2.23. The average Bonchev–Trinajstić information content (AvgIpc) is 3.03. The summed E-state index contributed by atoms with van der Waals surface area (Å²) in [5, 5.41) is 3.03. The van der Waals surface area contributed by atoms with E-state index in [1.54, 1.807) is 0 Å². The highest BCUT2D eigenvalue weighted by Crippen LogP contribution is 2.26. The Morgan fingerprint density at radius 2 is 1.92 bits per heavy atom. The zero-order chi connectivity index (χ0) is 16.9. The summed E-state index contributed by atoms with van der Waals surface area (Å²) >= 11 is 0. The first kappa shape index (κ1) is 16.7. The molecule has 0 saturated carbocycles. The molecular weight excluding hydrogens is 298 g/mol. The number of carbonyl (C=O) groups excluding carboxylic acids is 1. The molecule has 126 valence electrons. The zero-order valence-corrected chi connectivity index (χ0v) is 14.5. The van der Waals surface area contributed by atoms with Crippen molar-refractivity contribution in [1.29, 1.82) is 0 Å². The van der Waals surface area contributed by atoms with Crippen LogP contribution in [0.4, 0.5) is 0 Å². The molecule has 0 spiro atoms. The Morgan fingerprint density at radius 1 is 1.21 bits per heavy atom. The molecule has 1 aliphatic heterocycles. The lowest BCUT2D eigenvalue weighted by molar-refractivity contribution is 0.0949. The lowest BCUT2D eigenvalue weighted by Crippen LogP contribution is -2.33. The van der Waals surface area contributed by atoms with Crippen molar-refractivity contribution in [3.8, 4) is 0 Å². The second-order valence-electron chi connectivity index (χ2n) is 6.59. The van der Waals surface area contributed by atoms with Gasteiger partial charge in [-0.1, -0.05) is 30.3 Å². The molecule has 24 heavy (non-hydrogen) atoms. The normalized spacial score (nSPS) is 17.8. The average molecular weight is 323 g/mol. The molecule has 0 radical (unpaired) electrons. The predicted octanol–water partition coefficient (Wildman–Crippen LogP) is 2.92. The van der Waals surface area contributed by atoms with Crippen LogP contribution in [0.1, 0.15) is 39.6 Å². The summed E-state index contributed by atoms with van der Waals surface area (Å²) in [5.74, 6) is 0.606. The van der Waals surface area contributed by atoms with E-state index < -0.39 is 0 Å². The van der Waals surface area contributed by atoms with E-state index in [4.69, 9.17) is 0 Å². The molecule has 1 fully saturated rings.